The van der Waals surface area contributed by atoms with Gasteiger partial charge >= 0.3 is 0 Å². The highest BCUT2D eigenvalue weighted by molar-refractivity contribution is 6.04. The van der Waals surface area contributed by atoms with E-state index in [0.717, 1.165) is 6.07 Å². The number of benzene rings is 1. The van der Waals surface area contributed by atoms with Crippen LogP contribution in [-0.2, 0) is 0 Å². The summed E-state index contributed by atoms with van der Waals surface area (Å²) >= 11 is 0. The first-order chi connectivity index (χ1) is 10.5. The predicted octanol–water partition coefficient (Wildman–Crippen LogP) is 2.71. The lowest BCUT2D eigenvalue weighted by Gasteiger charge is -2.07. The number of rotatable bonds is 2. The summed E-state index contributed by atoms with van der Waals surface area (Å²) in [5, 5.41) is 6.46. The minimum absolute atomic E-state index is 0.312. The normalized spacial score (nSPS) is 10.9. The third-order valence-corrected chi connectivity index (χ3v) is 2.97. The molecule has 8 heteroatoms. The molecule has 1 amide bonds. The largest absolute Gasteiger partial charge is 0.320 e. The molecule has 112 valence electrons. The Hall–Kier alpha value is -2.90. The van der Waals surface area contributed by atoms with Crippen molar-refractivity contribution in [3.05, 3.63) is 59.3 Å². The fraction of sp³-hybridized carbons (Fsp3) is 0.0714. The molecule has 0 aliphatic heterocycles. The van der Waals surface area contributed by atoms with Crippen LogP contribution >= 0.6 is 0 Å². The van der Waals surface area contributed by atoms with Crippen molar-refractivity contribution in [2.45, 2.75) is 6.92 Å². The Balaban J connectivity index is 1.91. The van der Waals surface area contributed by atoms with Gasteiger partial charge in [0.1, 0.15) is 5.82 Å². The number of nitrogens with one attached hydrogen (secondary N) is 1. The maximum Gasteiger partial charge on any atom is 0.258 e. The van der Waals surface area contributed by atoms with Gasteiger partial charge in [0.15, 0.2) is 23.1 Å². The molecule has 0 radical (unpaired) electrons. The molecular weight excluding hydrogens is 297 g/mol. The van der Waals surface area contributed by atoms with E-state index in [-0.39, 0.29) is 0 Å². The van der Waals surface area contributed by atoms with Crippen LogP contribution in [0.25, 0.3) is 5.65 Å². The number of aromatic nitrogens is 3. The van der Waals surface area contributed by atoms with E-state index in [0.29, 0.717) is 23.2 Å². The summed E-state index contributed by atoms with van der Waals surface area (Å²) in [7, 11) is 0. The van der Waals surface area contributed by atoms with Gasteiger partial charge in [0.25, 0.3) is 5.91 Å². The van der Waals surface area contributed by atoms with Gasteiger partial charge < -0.3 is 5.32 Å². The van der Waals surface area contributed by atoms with Gasteiger partial charge in [0.05, 0.1) is 17.4 Å². The van der Waals surface area contributed by atoms with Crippen molar-refractivity contribution < 1.29 is 18.0 Å². The molecule has 5 nitrogen and oxygen atoms in total. The maximum absolute atomic E-state index is 13.6. The molecule has 0 saturated carbocycles. The molecular formula is C14H9F3N4O. The number of hydrogen-bond acceptors (Lipinski definition) is 3. The van der Waals surface area contributed by atoms with E-state index in [9.17, 15) is 18.0 Å². The SMILES string of the molecule is Cc1nc2ccc(NC(=O)c3ccc(F)c(F)c3F)cn2n1. The first kappa shape index (κ1) is 14.1. The molecule has 0 unspecified atom stereocenters. The molecule has 0 spiro atoms. The molecule has 0 saturated heterocycles. The van der Waals surface area contributed by atoms with E-state index < -0.39 is 28.9 Å². The molecule has 0 atom stereocenters. The van der Waals surface area contributed by atoms with Crippen LogP contribution in [0, 0.1) is 24.4 Å². The molecule has 1 aromatic carbocycles. The molecule has 3 rings (SSSR count). The summed E-state index contributed by atoms with van der Waals surface area (Å²) in [4.78, 5) is 16.1. The summed E-state index contributed by atoms with van der Waals surface area (Å²) in [6.45, 7) is 1.71. The van der Waals surface area contributed by atoms with E-state index in [1.54, 1.807) is 19.1 Å². The lowest BCUT2D eigenvalue weighted by Crippen LogP contribution is -2.15. The second-order valence-corrected chi connectivity index (χ2v) is 4.56. The second-order valence-electron chi connectivity index (χ2n) is 4.56. The molecule has 0 aliphatic carbocycles. The van der Waals surface area contributed by atoms with Gasteiger partial charge in [-0.2, -0.15) is 5.10 Å². The van der Waals surface area contributed by atoms with E-state index in [4.69, 9.17) is 0 Å². The quantitative estimate of drug-likeness (QED) is 0.741. The van der Waals surface area contributed by atoms with Crippen molar-refractivity contribution in [3.8, 4) is 0 Å². The summed E-state index contributed by atoms with van der Waals surface area (Å²) in [5.41, 5.74) is 0.301. The number of nitrogens with zero attached hydrogens (tertiary/aromatic N) is 3. The van der Waals surface area contributed by atoms with Crippen molar-refractivity contribution in [1.29, 1.82) is 0 Å². The highest BCUT2D eigenvalue weighted by Crippen LogP contribution is 2.17. The van der Waals surface area contributed by atoms with E-state index in [1.165, 1.54) is 10.7 Å². The highest BCUT2D eigenvalue weighted by Gasteiger charge is 2.19. The molecule has 1 N–H and O–H groups in total. The molecule has 0 bridgehead atoms. The Morgan fingerprint density at radius 2 is 1.91 bits per heavy atom. The van der Waals surface area contributed by atoms with Gasteiger partial charge in [-0.1, -0.05) is 0 Å². The Labute approximate surface area is 122 Å². The maximum atomic E-state index is 13.6. The van der Waals surface area contributed by atoms with Gasteiger partial charge in [-0.25, -0.2) is 22.7 Å². The number of pyridine rings is 1. The van der Waals surface area contributed by atoms with Gasteiger partial charge in [-0.15, -0.1) is 0 Å². The minimum Gasteiger partial charge on any atom is -0.320 e. The minimum atomic E-state index is -1.69. The van der Waals surface area contributed by atoms with Crippen LogP contribution in [0.15, 0.2) is 30.5 Å². The lowest BCUT2D eigenvalue weighted by molar-refractivity contribution is 0.102. The third kappa shape index (κ3) is 2.39. The Bertz CT molecular complexity index is 891. The van der Waals surface area contributed by atoms with Crippen molar-refractivity contribution in [1.82, 2.24) is 14.6 Å². The Morgan fingerprint density at radius 3 is 2.68 bits per heavy atom. The zero-order chi connectivity index (χ0) is 15.9. The van der Waals surface area contributed by atoms with Crippen molar-refractivity contribution >= 4 is 17.2 Å². The van der Waals surface area contributed by atoms with E-state index >= 15 is 0 Å². The number of amides is 1. The van der Waals surface area contributed by atoms with Crippen LogP contribution < -0.4 is 5.32 Å². The number of aryl methyl sites for hydroxylation is 1. The van der Waals surface area contributed by atoms with Crippen LogP contribution in [0.2, 0.25) is 0 Å². The lowest BCUT2D eigenvalue weighted by atomic mass is 10.2. The van der Waals surface area contributed by atoms with E-state index in [2.05, 4.69) is 15.4 Å². The van der Waals surface area contributed by atoms with Crippen LogP contribution in [-0.4, -0.2) is 20.5 Å². The Morgan fingerprint density at radius 1 is 1.14 bits per heavy atom. The van der Waals surface area contributed by atoms with Gasteiger partial charge in [-0.05, 0) is 31.2 Å². The topological polar surface area (TPSA) is 59.3 Å². The molecule has 0 fully saturated rings. The zero-order valence-corrected chi connectivity index (χ0v) is 11.3. The van der Waals surface area contributed by atoms with Crippen LogP contribution in [0.3, 0.4) is 0 Å². The molecule has 0 aliphatic rings. The predicted molar refractivity (Wildman–Crippen MR) is 72.0 cm³/mol. The van der Waals surface area contributed by atoms with Crippen molar-refractivity contribution in [2.75, 3.05) is 5.32 Å². The standard InChI is InChI=1S/C14H9F3N4O/c1-7-18-11-5-2-8(6-21(11)20-7)19-14(22)9-3-4-10(15)13(17)12(9)16/h2-6H,1H3,(H,19,22). The number of hydrogen-bond donors (Lipinski definition) is 1. The smallest absolute Gasteiger partial charge is 0.258 e. The van der Waals surface area contributed by atoms with Crippen LogP contribution in [0.4, 0.5) is 18.9 Å². The molecule has 3 aromatic rings. The number of carbonyl (C=O) groups excluding carboxylic acids is 1. The van der Waals surface area contributed by atoms with E-state index in [1.807, 2.05) is 0 Å². The molecule has 2 aromatic heterocycles. The fourth-order valence-electron chi connectivity index (χ4n) is 1.97. The summed E-state index contributed by atoms with van der Waals surface area (Å²) in [6.07, 6.45) is 1.48. The van der Waals surface area contributed by atoms with Crippen LogP contribution in [0.5, 0.6) is 0 Å². The average molecular weight is 306 g/mol. The Kier molecular flexibility index (Phi) is 3.28. The second kappa shape index (κ2) is 5.14. The van der Waals surface area contributed by atoms with Gasteiger partial charge in [0, 0.05) is 0 Å². The monoisotopic (exact) mass is 306 g/mol. The summed E-state index contributed by atoms with van der Waals surface area (Å²) in [6, 6.07) is 4.72. The number of fused-ring (bicyclic) bond motifs is 1. The van der Waals surface area contributed by atoms with Crippen molar-refractivity contribution in [2.24, 2.45) is 0 Å². The third-order valence-electron chi connectivity index (χ3n) is 2.97. The number of anilines is 1. The summed E-state index contributed by atoms with van der Waals surface area (Å²) in [5.74, 6) is -4.92. The fourth-order valence-corrected chi connectivity index (χ4v) is 1.97. The molecule has 2 heterocycles. The molecule has 22 heavy (non-hydrogen) atoms. The average Bonchev–Trinajstić information content (AvgIpc) is 2.84. The van der Waals surface area contributed by atoms with Crippen molar-refractivity contribution in [3.63, 3.8) is 0 Å². The number of carbonyl (C=O) groups is 1. The van der Waals surface area contributed by atoms with Crippen LogP contribution in [0.1, 0.15) is 16.2 Å². The first-order valence-electron chi connectivity index (χ1n) is 6.23. The van der Waals surface area contributed by atoms with Gasteiger partial charge in [0.2, 0.25) is 0 Å². The first-order valence-corrected chi connectivity index (χ1v) is 6.23. The zero-order valence-electron chi connectivity index (χ0n) is 11.3. The highest BCUT2D eigenvalue weighted by atomic mass is 19.2. The van der Waals surface area contributed by atoms with Gasteiger partial charge in [-0.3, -0.25) is 4.79 Å². The summed E-state index contributed by atoms with van der Waals surface area (Å²) < 4.78 is 41.0. The number of halogens is 3.